The Morgan fingerprint density at radius 2 is 2.26 bits per heavy atom. The second-order valence-electron chi connectivity index (χ2n) is 4.11. The summed E-state index contributed by atoms with van der Waals surface area (Å²) < 4.78 is 18.8. The number of hydrogen-bond donors (Lipinski definition) is 1. The first kappa shape index (κ1) is 12.1. The van der Waals surface area contributed by atoms with Crippen LogP contribution in [0.2, 0.25) is 0 Å². The summed E-state index contributed by atoms with van der Waals surface area (Å²) in [6, 6.07) is 6.22. The van der Waals surface area contributed by atoms with Gasteiger partial charge in [-0.1, -0.05) is 12.1 Å². The molecule has 1 aliphatic heterocycles. The van der Waals surface area contributed by atoms with Gasteiger partial charge in [0.15, 0.2) is 11.6 Å². The summed E-state index contributed by atoms with van der Waals surface area (Å²) in [5.74, 6) is -0.294. The van der Waals surface area contributed by atoms with E-state index in [0.717, 1.165) is 12.1 Å². The molecule has 0 spiro atoms. The second-order valence-corrected chi connectivity index (χ2v) is 5.19. The summed E-state index contributed by atoms with van der Waals surface area (Å²) >= 11 is 1.30. The van der Waals surface area contributed by atoms with Gasteiger partial charge in [-0.2, -0.15) is 0 Å². The fraction of sp³-hybridized carbons (Fsp3) is 0.231. The number of amides is 1. The lowest BCUT2D eigenvalue weighted by atomic mass is 10.2. The number of para-hydroxylation sites is 1. The number of nitrogens with zero attached hydrogens (tertiary/aromatic N) is 1. The number of benzene rings is 1. The van der Waals surface area contributed by atoms with E-state index >= 15 is 0 Å². The molecule has 0 fully saturated rings. The maximum atomic E-state index is 13.4. The molecular weight excluding hydrogens is 267 g/mol. The van der Waals surface area contributed by atoms with Crippen LogP contribution in [-0.4, -0.2) is 17.4 Å². The Labute approximate surface area is 113 Å². The maximum Gasteiger partial charge on any atom is 0.263 e. The molecule has 0 aliphatic carbocycles. The molecule has 1 aromatic carbocycles. The number of ether oxygens (including phenoxy) is 1. The summed E-state index contributed by atoms with van der Waals surface area (Å²) in [7, 11) is 0. The van der Waals surface area contributed by atoms with Crippen LogP contribution >= 0.6 is 11.3 Å². The van der Waals surface area contributed by atoms with Gasteiger partial charge in [0.2, 0.25) is 0 Å². The number of aromatic nitrogens is 1. The second kappa shape index (κ2) is 4.97. The largest absolute Gasteiger partial charge is 0.483 e. The molecule has 0 unspecified atom stereocenters. The van der Waals surface area contributed by atoms with Gasteiger partial charge in [-0.3, -0.25) is 4.79 Å². The highest BCUT2D eigenvalue weighted by Crippen LogP contribution is 2.23. The molecule has 1 aromatic heterocycles. The Morgan fingerprint density at radius 1 is 1.42 bits per heavy atom. The number of carbonyl (C=O) groups is 1. The first-order valence-electron chi connectivity index (χ1n) is 5.88. The Hall–Kier alpha value is -1.95. The highest BCUT2D eigenvalue weighted by Gasteiger charge is 2.21. The molecule has 98 valence electrons. The maximum absolute atomic E-state index is 13.4. The van der Waals surface area contributed by atoms with Crippen LogP contribution in [0.5, 0.6) is 5.75 Å². The standard InChI is InChI=1S/C13H11FN2O2S/c14-8-3-1-2-4-10(8)18-7-11-16-9-5-6-15-13(17)12(9)19-11/h1-4H,5-7H2,(H,15,17). The molecule has 4 nitrogen and oxygen atoms in total. The summed E-state index contributed by atoms with van der Waals surface area (Å²) in [5, 5.41) is 3.45. The number of fused-ring (bicyclic) bond motifs is 1. The van der Waals surface area contributed by atoms with Crippen LogP contribution in [0.1, 0.15) is 20.4 Å². The number of hydrogen-bond acceptors (Lipinski definition) is 4. The van der Waals surface area contributed by atoms with E-state index in [0.29, 0.717) is 16.4 Å². The van der Waals surface area contributed by atoms with Gasteiger partial charge in [0.25, 0.3) is 5.91 Å². The van der Waals surface area contributed by atoms with Crippen molar-refractivity contribution in [2.45, 2.75) is 13.0 Å². The van der Waals surface area contributed by atoms with Gasteiger partial charge >= 0.3 is 0 Å². The molecule has 2 aromatic rings. The Balaban J connectivity index is 1.74. The van der Waals surface area contributed by atoms with Crippen LogP contribution in [0.3, 0.4) is 0 Å². The molecule has 0 atom stereocenters. The zero-order valence-corrected chi connectivity index (χ0v) is 10.8. The van der Waals surface area contributed by atoms with Gasteiger partial charge in [-0.15, -0.1) is 11.3 Å². The van der Waals surface area contributed by atoms with E-state index in [1.54, 1.807) is 18.2 Å². The third-order valence-corrected chi connectivity index (χ3v) is 3.85. The van der Waals surface area contributed by atoms with Crippen molar-refractivity contribution in [3.8, 4) is 5.75 Å². The van der Waals surface area contributed by atoms with Crippen LogP contribution in [0.25, 0.3) is 0 Å². The summed E-state index contributed by atoms with van der Waals surface area (Å²) in [5.41, 5.74) is 0.806. The fourth-order valence-corrected chi connectivity index (χ4v) is 2.83. The Bertz CT molecular complexity index is 627. The quantitative estimate of drug-likeness (QED) is 0.936. The van der Waals surface area contributed by atoms with Crippen molar-refractivity contribution in [1.82, 2.24) is 10.3 Å². The zero-order chi connectivity index (χ0) is 13.2. The average molecular weight is 278 g/mol. The van der Waals surface area contributed by atoms with Gasteiger partial charge in [0.1, 0.15) is 16.5 Å². The Kier molecular flexibility index (Phi) is 3.16. The van der Waals surface area contributed by atoms with Gasteiger partial charge in [-0.25, -0.2) is 9.37 Å². The first-order chi connectivity index (χ1) is 9.24. The third-order valence-electron chi connectivity index (χ3n) is 2.78. The normalized spacial score (nSPS) is 13.8. The van der Waals surface area contributed by atoms with E-state index in [2.05, 4.69) is 10.3 Å². The monoisotopic (exact) mass is 278 g/mol. The van der Waals surface area contributed by atoms with Crippen LogP contribution < -0.4 is 10.1 Å². The zero-order valence-electron chi connectivity index (χ0n) is 9.98. The summed E-state index contributed by atoms with van der Waals surface area (Å²) in [6.45, 7) is 0.787. The van der Waals surface area contributed by atoms with E-state index in [1.165, 1.54) is 17.4 Å². The van der Waals surface area contributed by atoms with Gasteiger partial charge in [0, 0.05) is 13.0 Å². The topological polar surface area (TPSA) is 51.2 Å². The van der Waals surface area contributed by atoms with Gasteiger partial charge in [-0.05, 0) is 12.1 Å². The molecule has 3 rings (SSSR count). The molecule has 0 bridgehead atoms. The van der Waals surface area contributed by atoms with Crippen LogP contribution in [0.15, 0.2) is 24.3 Å². The van der Waals surface area contributed by atoms with Crippen molar-refractivity contribution in [2.75, 3.05) is 6.54 Å². The van der Waals surface area contributed by atoms with E-state index in [4.69, 9.17) is 4.74 Å². The molecule has 0 saturated carbocycles. The van der Waals surface area contributed by atoms with E-state index in [9.17, 15) is 9.18 Å². The van der Waals surface area contributed by atoms with Crippen molar-refractivity contribution in [3.63, 3.8) is 0 Å². The predicted octanol–water partition coefficient (Wildman–Crippen LogP) is 2.15. The lowest BCUT2D eigenvalue weighted by Crippen LogP contribution is -2.30. The number of rotatable bonds is 3. The minimum Gasteiger partial charge on any atom is -0.483 e. The lowest BCUT2D eigenvalue weighted by molar-refractivity contribution is 0.0950. The van der Waals surface area contributed by atoms with Gasteiger partial charge < -0.3 is 10.1 Å². The number of carbonyl (C=O) groups excluding carboxylic acids is 1. The van der Waals surface area contributed by atoms with E-state index in [1.807, 2.05) is 0 Å². The minimum atomic E-state index is -0.401. The molecule has 0 saturated heterocycles. The van der Waals surface area contributed by atoms with Crippen molar-refractivity contribution in [2.24, 2.45) is 0 Å². The molecule has 0 radical (unpaired) electrons. The van der Waals surface area contributed by atoms with Crippen LogP contribution in [-0.2, 0) is 13.0 Å². The first-order valence-corrected chi connectivity index (χ1v) is 6.70. The SMILES string of the molecule is O=C1NCCc2nc(COc3ccccc3F)sc21. The molecule has 19 heavy (non-hydrogen) atoms. The van der Waals surface area contributed by atoms with Crippen LogP contribution in [0, 0.1) is 5.82 Å². The van der Waals surface area contributed by atoms with Crippen molar-refractivity contribution in [1.29, 1.82) is 0 Å². The average Bonchev–Trinajstić information content (AvgIpc) is 2.82. The molecule has 1 aliphatic rings. The van der Waals surface area contributed by atoms with E-state index < -0.39 is 5.82 Å². The molecular formula is C13H11FN2O2S. The summed E-state index contributed by atoms with van der Waals surface area (Å²) in [6.07, 6.45) is 0.733. The molecule has 1 amide bonds. The fourth-order valence-electron chi connectivity index (χ4n) is 1.89. The molecule has 6 heteroatoms. The summed E-state index contributed by atoms with van der Waals surface area (Å²) in [4.78, 5) is 16.6. The van der Waals surface area contributed by atoms with Gasteiger partial charge in [0.05, 0.1) is 5.69 Å². The molecule has 1 N–H and O–H groups in total. The number of nitrogens with one attached hydrogen (secondary N) is 1. The number of thiazole rings is 1. The third kappa shape index (κ3) is 2.44. The van der Waals surface area contributed by atoms with Crippen LogP contribution in [0.4, 0.5) is 4.39 Å². The predicted molar refractivity (Wildman–Crippen MR) is 68.9 cm³/mol. The smallest absolute Gasteiger partial charge is 0.263 e. The Morgan fingerprint density at radius 3 is 3.05 bits per heavy atom. The van der Waals surface area contributed by atoms with Crippen molar-refractivity contribution < 1.29 is 13.9 Å². The van der Waals surface area contributed by atoms with E-state index in [-0.39, 0.29) is 18.3 Å². The highest BCUT2D eigenvalue weighted by atomic mass is 32.1. The minimum absolute atomic E-state index is 0.0871. The number of halogens is 1. The highest BCUT2D eigenvalue weighted by molar-refractivity contribution is 7.13. The molecule has 2 heterocycles. The van der Waals surface area contributed by atoms with Crippen molar-refractivity contribution >= 4 is 17.2 Å². The van der Waals surface area contributed by atoms with Crippen molar-refractivity contribution in [3.05, 3.63) is 45.7 Å². The lowest BCUT2D eigenvalue weighted by Gasteiger charge is -2.09.